The van der Waals surface area contributed by atoms with Crippen LogP contribution < -0.4 is 5.69 Å². The van der Waals surface area contributed by atoms with Crippen LogP contribution in [0.15, 0.2) is 22.3 Å². The number of tetrazole rings is 1. The van der Waals surface area contributed by atoms with E-state index in [-0.39, 0.29) is 6.54 Å². The summed E-state index contributed by atoms with van der Waals surface area (Å²) in [5.74, 6) is -0.541. The molecular formula is C8H8N4O3S. The van der Waals surface area contributed by atoms with Gasteiger partial charge >= 0.3 is 11.7 Å². The molecule has 0 saturated heterocycles. The van der Waals surface area contributed by atoms with Crippen molar-refractivity contribution in [1.29, 1.82) is 0 Å². The molecule has 0 bridgehead atoms. The van der Waals surface area contributed by atoms with Crippen LogP contribution in [-0.4, -0.2) is 32.9 Å². The van der Waals surface area contributed by atoms with Crippen LogP contribution in [0.2, 0.25) is 0 Å². The van der Waals surface area contributed by atoms with E-state index in [1.165, 1.54) is 18.4 Å². The van der Waals surface area contributed by atoms with Gasteiger partial charge in [-0.2, -0.15) is 9.36 Å². The fraction of sp³-hybridized carbons (Fsp3) is 0.250. The standard InChI is InChI=1S/C8H8N4O3S/c1-15-7(13)5-11-8(14)12(10-9-11)6-3-2-4-16-6/h2-4H,5H2,1H3. The Hall–Kier alpha value is -1.96. The zero-order chi connectivity index (χ0) is 11.5. The van der Waals surface area contributed by atoms with E-state index in [2.05, 4.69) is 15.2 Å². The zero-order valence-corrected chi connectivity index (χ0v) is 9.18. The minimum Gasteiger partial charge on any atom is -0.468 e. The van der Waals surface area contributed by atoms with Gasteiger partial charge in [0.15, 0.2) is 0 Å². The van der Waals surface area contributed by atoms with E-state index >= 15 is 0 Å². The van der Waals surface area contributed by atoms with Crippen molar-refractivity contribution >= 4 is 17.3 Å². The minimum absolute atomic E-state index is 0.235. The molecule has 0 amide bonds. The zero-order valence-electron chi connectivity index (χ0n) is 8.36. The lowest BCUT2D eigenvalue weighted by atomic mass is 10.6. The molecule has 0 unspecified atom stereocenters. The number of aromatic nitrogens is 4. The number of carbonyl (C=O) groups is 1. The SMILES string of the molecule is COC(=O)Cn1nnn(-c2cccs2)c1=O. The first-order valence-corrected chi connectivity index (χ1v) is 5.24. The molecule has 2 rings (SSSR count). The Morgan fingerprint density at radius 1 is 1.56 bits per heavy atom. The van der Waals surface area contributed by atoms with Crippen LogP contribution in [0, 0.1) is 0 Å². The molecule has 8 heteroatoms. The second-order valence-electron chi connectivity index (χ2n) is 2.86. The van der Waals surface area contributed by atoms with E-state index in [0.29, 0.717) is 5.00 Å². The molecule has 7 nitrogen and oxygen atoms in total. The van der Waals surface area contributed by atoms with Gasteiger partial charge in [-0.05, 0) is 27.9 Å². The Morgan fingerprint density at radius 2 is 2.38 bits per heavy atom. The summed E-state index contributed by atoms with van der Waals surface area (Å²) in [6.07, 6.45) is 0. The highest BCUT2D eigenvalue weighted by molar-refractivity contribution is 7.12. The topological polar surface area (TPSA) is 79.0 Å². The first-order valence-electron chi connectivity index (χ1n) is 4.36. The van der Waals surface area contributed by atoms with Crippen molar-refractivity contribution in [3.63, 3.8) is 0 Å². The van der Waals surface area contributed by atoms with Crippen LogP contribution in [-0.2, 0) is 16.1 Å². The largest absolute Gasteiger partial charge is 0.468 e. The average Bonchev–Trinajstić information content (AvgIpc) is 2.89. The summed E-state index contributed by atoms with van der Waals surface area (Å²) in [6, 6.07) is 3.54. The van der Waals surface area contributed by atoms with Crippen molar-refractivity contribution in [3.8, 4) is 5.00 Å². The highest BCUT2D eigenvalue weighted by atomic mass is 32.1. The van der Waals surface area contributed by atoms with E-state index in [1.807, 2.05) is 5.38 Å². The first-order chi connectivity index (χ1) is 7.72. The van der Waals surface area contributed by atoms with Crippen molar-refractivity contribution < 1.29 is 9.53 Å². The van der Waals surface area contributed by atoms with Gasteiger partial charge in [-0.15, -0.1) is 11.3 Å². The molecule has 0 N–H and O–H groups in total. The van der Waals surface area contributed by atoms with E-state index in [9.17, 15) is 9.59 Å². The number of rotatable bonds is 3. The average molecular weight is 240 g/mol. The van der Waals surface area contributed by atoms with Gasteiger partial charge in [-0.25, -0.2) is 4.79 Å². The van der Waals surface area contributed by atoms with Gasteiger partial charge in [0.25, 0.3) is 0 Å². The lowest BCUT2D eigenvalue weighted by Crippen LogP contribution is -2.27. The van der Waals surface area contributed by atoms with Crippen LogP contribution >= 0.6 is 11.3 Å². The van der Waals surface area contributed by atoms with Crippen molar-refractivity contribution in [2.45, 2.75) is 6.54 Å². The fourth-order valence-corrected chi connectivity index (χ4v) is 1.76. The quantitative estimate of drug-likeness (QED) is 0.686. The lowest BCUT2D eigenvalue weighted by Gasteiger charge is -1.95. The third kappa shape index (κ3) is 1.87. The Bertz CT molecular complexity index is 542. The minimum atomic E-state index is -0.541. The Balaban J connectivity index is 2.32. The molecule has 0 radical (unpaired) electrons. The lowest BCUT2D eigenvalue weighted by molar-refractivity contribution is -0.141. The summed E-state index contributed by atoms with van der Waals surface area (Å²) in [6.45, 7) is -0.235. The van der Waals surface area contributed by atoms with E-state index in [1.54, 1.807) is 12.1 Å². The molecule has 16 heavy (non-hydrogen) atoms. The van der Waals surface area contributed by atoms with Gasteiger partial charge in [0.05, 0.1) is 7.11 Å². The monoisotopic (exact) mass is 240 g/mol. The molecule has 0 aliphatic heterocycles. The number of thiophene rings is 1. The molecule has 0 aliphatic carbocycles. The normalized spacial score (nSPS) is 10.3. The number of hydrogen-bond donors (Lipinski definition) is 0. The number of nitrogens with zero attached hydrogens (tertiary/aromatic N) is 4. The number of methoxy groups -OCH3 is 1. The Morgan fingerprint density at radius 3 is 3.00 bits per heavy atom. The molecule has 2 aromatic heterocycles. The summed E-state index contributed by atoms with van der Waals surface area (Å²) in [4.78, 5) is 22.7. The molecule has 0 spiro atoms. The Labute approximate surface area is 93.9 Å². The van der Waals surface area contributed by atoms with Crippen molar-refractivity contribution in [2.75, 3.05) is 7.11 Å². The van der Waals surface area contributed by atoms with E-state index in [4.69, 9.17) is 0 Å². The maximum absolute atomic E-state index is 11.7. The fourth-order valence-electron chi connectivity index (χ4n) is 1.09. The summed E-state index contributed by atoms with van der Waals surface area (Å²) in [7, 11) is 1.25. The third-order valence-electron chi connectivity index (χ3n) is 1.86. The second kappa shape index (κ2) is 4.27. The van der Waals surface area contributed by atoms with Gasteiger partial charge in [0, 0.05) is 0 Å². The maximum atomic E-state index is 11.7. The smallest absolute Gasteiger partial charge is 0.369 e. The Kier molecular flexibility index (Phi) is 2.82. The van der Waals surface area contributed by atoms with E-state index in [0.717, 1.165) is 9.36 Å². The molecule has 0 aromatic carbocycles. The van der Waals surface area contributed by atoms with Gasteiger partial charge in [0.2, 0.25) is 0 Å². The van der Waals surface area contributed by atoms with Crippen LogP contribution in [0.25, 0.3) is 5.00 Å². The number of carbonyl (C=O) groups excluding carboxylic acids is 1. The number of esters is 1. The second-order valence-corrected chi connectivity index (χ2v) is 3.78. The summed E-state index contributed by atoms with van der Waals surface area (Å²) in [5, 5.41) is 9.72. The third-order valence-corrected chi connectivity index (χ3v) is 2.70. The highest BCUT2D eigenvalue weighted by Crippen LogP contribution is 2.10. The van der Waals surface area contributed by atoms with Gasteiger partial charge < -0.3 is 4.74 Å². The van der Waals surface area contributed by atoms with Crippen LogP contribution in [0.4, 0.5) is 0 Å². The highest BCUT2D eigenvalue weighted by Gasteiger charge is 2.12. The van der Waals surface area contributed by atoms with Crippen molar-refractivity contribution in [3.05, 3.63) is 28.0 Å². The molecule has 0 atom stereocenters. The summed E-state index contributed by atoms with van der Waals surface area (Å²) >= 11 is 1.36. The van der Waals surface area contributed by atoms with Gasteiger partial charge in [-0.1, -0.05) is 0 Å². The van der Waals surface area contributed by atoms with Crippen molar-refractivity contribution in [1.82, 2.24) is 19.8 Å². The van der Waals surface area contributed by atoms with Gasteiger partial charge in [0.1, 0.15) is 11.5 Å². The summed E-state index contributed by atoms with van der Waals surface area (Å²) in [5.41, 5.74) is -0.465. The predicted molar refractivity (Wildman–Crippen MR) is 55.5 cm³/mol. The van der Waals surface area contributed by atoms with Gasteiger partial charge in [-0.3, -0.25) is 4.79 Å². The summed E-state index contributed by atoms with van der Waals surface area (Å²) < 4.78 is 6.52. The molecule has 0 saturated carbocycles. The predicted octanol–water partition coefficient (Wildman–Crippen LogP) is -0.337. The van der Waals surface area contributed by atoms with E-state index < -0.39 is 11.7 Å². The number of hydrogen-bond acceptors (Lipinski definition) is 6. The molecule has 2 aromatic rings. The van der Waals surface area contributed by atoms with Crippen LogP contribution in [0.5, 0.6) is 0 Å². The maximum Gasteiger partial charge on any atom is 0.369 e. The molecule has 0 fully saturated rings. The van der Waals surface area contributed by atoms with Crippen LogP contribution in [0.3, 0.4) is 0 Å². The molecule has 0 aliphatic rings. The number of ether oxygens (including phenoxy) is 1. The molecular weight excluding hydrogens is 232 g/mol. The van der Waals surface area contributed by atoms with Crippen LogP contribution in [0.1, 0.15) is 0 Å². The first kappa shape index (κ1) is 10.6. The molecule has 2 heterocycles. The molecule has 84 valence electrons. The van der Waals surface area contributed by atoms with Crippen molar-refractivity contribution in [2.24, 2.45) is 0 Å².